The van der Waals surface area contributed by atoms with Crippen molar-refractivity contribution in [3.05, 3.63) is 54.0 Å². The summed E-state index contributed by atoms with van der Waals surface area (Å²) in [6, 6.07) is 8.98. The Morgan fingerprint density at radius 2 is 2.00 bits per heavy atom. The maximum Gasteiger partial charge on any atom is 0.331 e. The maximum absolute atomic E-state index is 12.8. The molecule has 0 spiro atoms. The molecule has 1 aromatic carbocycles. The van der Waals surface area contributed by atoms with E-state index in [1.54, 1.807) is 35.5 Å². The van der Waals surface area contributed by atoms with Crippen LogP contribution in [0.2, 0.25) is 0 Å². The number of fused-ring (bicyclic) bond motifs is 1. The number of rotatable bonds is 3. The molecule has 3 heterocycles. The van der Waals surface area contributed by atoms with Gasteiger partial charge in [-0.2, -0.15) is 5.10 Å². The van der Waals surface area contributed by atoms with Crippen molar-refractivity contribution in [2.75, 3.05) is 13.1 Å². The third-order valence-electron chi connectivity index (χ3n) is 5.11. The zero-order chi connectivity index (χ0) is 18.3. The number of nitrogens with zero attached hydrogens (tertiary/aromatic N) is 3. The van der Waals surface area contributed by atoms with Gasteiger partial charge in [-0.05, 0) is 37.3 Å². The summed E-state index contributed by atoms with van der Waals surface area (Å²) in [5.74, 6) is -0.207. The van der Waals surface area contributed by atoms with E-state index in [2.05, 4.69) is 5.10 Å². The Labute approximate surface area is 149 Å². The smallest absolute Gasteiger partial charge is 0.331 e. The number of likely N-dealkylation sites (tertiary alicyclic amines) is 1. The lowest BCUT2D eigenvalue weighted by Gasteiger charge is -2.39. The number of furan rings is 1. The monoisotopic (exact) mass is 353 g/mol. The highest BCUT2D eigenvalue weighted by Gasteiger charge is 2.44. The second kappa shape index (κ2) is 6.01. The van der Waals surface area contributed by atoms with Crippen LogP contribution in [-0.2, 0) is 10.3 Å². The van der Waals surface area contributed by atoms with E-state index in [1.807, 2.05) is 19.1 Å². The number of carbonyl (C=O) groups is 2. The van der Waals surface area contributed by atoms with Gasteiger partial charge in [0.15, 0.2) is 5.54 Å². The molecular formula is C19H19N3O4. The summed E-state index contributed by atoms with van der Waals surface area (Å²) >= 11 is 0. The van der Waals surface area contributed by atoms with Crippen molar-refractivity contribution >= 4 is 22.8 Å². The number of carbonyl (C=O) groups excluding carboxylic acids is 1. The largest absolute Gasteiger partial charge is 0.479 e. The van der Waals surface area contributed by atoms with Crippen molar-refractivity contribution in [2.45, 2.75) is 25.3 Å². The fraction of sp³-hybridized carbons (Fsp3) is 0.316. The van der Waals surface area contributed by atoms with Crippen molar-refractivity contribution in [3.8, 4) is 0 Å². The minimum Gasteiger partial charge on any atom is -0.479 e. The topological polar surface area (TPSA) is 88.6 Å². The first-order chi connectivity index (χ1) is 12.5. The van der Waals surface area contributed by atoms with Crippen LogP contribution in [0.15, 0.2) is 47.1 Å². The Morgan fingerprint density at radius 1 is 1.23 bits per heavy atom. The Kier molecular flexibility index (Phi) is 3.79. The van der Waals surface area contributed by atoms with Crippen molar-refractivity contribution in [2.24, 2.45) is 0 Å². The average Bonchev–Trinajstić information content (AvgIpc) is 3.29. The minimum absolute atomic E-state index is 0.0924. The second-order valence-electron chi connectivity index (χ2n) is 6.69. The number of benzene rings is 1. The highest BCUT2D eigenvalue weighted by molar-refractivity contribution is 5.98. The van der Waals surface area contributed by atoms with Crippen molar-refractivity contribution < 1.29 is 19.1 Å². The molecule has 0 radical (unpaired) electrons. The molecule has 0 atom stereocenters. The summed E-state index contributed by atoms with van der Waals surface area (Å²) in [5, 5.41) is 14.8. The average molecular weight is 353 g/mol. The minimum atomic E-state index is -1.09. The number of amides is 1. The lowest BCUT2D eigenvalue weighted by molar-refractivity contribution is -0.150. The van der Waals surface area contributed by atoms with Gasteiger partial charge in [0.25, 0.3) is 5.91 Å². The van der Waals surface area contributed by atoms with Gasteiger partial charge in [0.05, 0.1) is 0 Å². The molecule has 2 aromatic heterocycles. The summed E-state index contributed by atoms with van der Waals surface area (Å²) in [4.78, 5) is 26.4. The normalized spacial score (nSPS) is 16.7. The van der Waals surface area contributed by atoms with E-state index in [4.69, 9.17) is 4.42 Å². The lowest BCUT2D eigenvalue weighted by atomic mass is 9.87. The number of piperidine rings is 1. The molecule has 1 N–H and O–H groups in total. The van der Waals surface area contributed by atoms with Gasteiger partial charge in [-0.1, -0.05) is 0 Å². The molecule has 1 fully saturated rings. The predicted molar refractivity (Wildman–Crippen MR) is 93.9 cm³/mol. The molecule has 0 aliphatic carbocycles. The van der Waals surface area contributed by atoms with Gasteiger partial charge >= 0.3 is 5.97 Å². The third kappa shape index (κ3) is 2.56. The third-order valence-corrected chi connectivity index (χ3v) is 5.11. The van der Waals surface area contributed by atoms with Crippen LogP contribution in [-0.4, -0.2) is 44.8 Å². The fourth-order valence-electron chi connectivity index (χ4n) is 3.63. The van der Waals surface area contributed by atoms with Gasteiger partial charge in [0.1, 0.15) is 11.3 Å². The molecule has 134 valence electrons. The standard InChI is InChI=1S/C19H19N3O4/c1-13-11-15-12-14(3-4-16(15)26-13)17(23)21-9-5-19(6-10-21,18(24)25)22-8-2-7-20-22/h2-4,7-8,11-12H,5-6,9-10H2,1H3,(H,24,25). The summed E-state index contributed by atoms with van der Waals surface area (Å²) in [5.41, 5.74) is 0.243. The molecule has 0 saturated carbocycles. The highest BCUT2D eigenvalue weighted by atomic mass is 16.4. The first-order valence-electron chi connectivity index (χ1n) is 8.53. The van der Waals surface area contributed by atoms with Crippen LogP contribution >= 0.6 is 0 Å². The molecular weight excluding hydrogens is 334 g/mol. The van der Waals surface area contributed by atoms with Crippen LogP contribution in [0, 0.1) is 6.92 Å². The molecule has 0 unspecified atom stereocenters. The Hall–Kier alpha value is -3.09. The molecule has 1 amide bonds. The number of aliphatic carboxylic acids is 1. The summed E-state index contributed by atoms with van der Waals surface area (Å²) < 4.78 is 7.04. The van der Waals surface area contributed by atoms with E-state index < -0.39 is 11.5 Å². The zero-order valence-electron chi connectivity index (χ0n) is 14.4. The zero-order valence-corrected chi connectivity index (χ0v) is 14.4. The van der Waals surface area contributed by atoms with E-state index in [1.165, 1.54) is 4.68 Å². The maximum atomic E-state index is 12.8. The second-order valence-corrected chi connectivity index (χ2v) is 6.69. The van der Waals surface area contributed by atoms with Crippen LogP contribution in [0.5, 0.6) is 0 Å². The summed E-state index contributed by atoms with van der Waals surface area (Å²) in [6.07, 6.45) is 3.89. The fourth-order valence-corrected chi connectivity index (χ4v) is 3.63. The van der Waals surface area contributed by atoms with Crippen LogP contribution in [0.4, 0.5) is 0 Å². The van der Waals surface area contributed by atoms with E-state index in [-0.39, 0.29) is 5.91 Å². The summed E-state index contributed by atoms with van der Waals surface area (Å²) in [6.45, 7) is 2.60. The van der Waals surface area contributed by atoms with Crippen LogP contribution in [0.1, 0.15) is 29.0 Å². The number of hydrogen-bond acceptors (Lipinski definition) is 4. The van der Waals surface area contributed by atoms with Crippen LogP contribution in [0.25, 0.3) is 11.0 Å². The van der Waals surface area contributed by atoms with Crippen molar-refractivity contribution in [3.63, 3.8) is 0 Å². The molecule has 26 heavy (non-hydrogen) atoms. The first kappa shape index (κ1) is 16.4. The molecule has 1 aliphatic heterocycles. The number of hydrogen-bond donors (Lipinski definition) is 1. The van der Waals surface area contributed by atoms with Crippen LogP contribution < -0.4 is 0 Å². The summed E-state index contributed by atoms with van der Waals surface area (Å²) in [7, 11) is 0. The number of carboxylic acids is 1. The van der Waals surface area contributed by atoms with E-state index in [9.17, 15) is 14.7 Å². The van der Waals surface area contributed by atoms with E-state index in [0.29, 0.717) is 31.5 Å². The van der Waals surface area contributed by atoms with Gasteiger partial charge < -0.3 is 14.4 Å². The van der Waals surface area contributed by atoms with Gasteiger partial charge in [-0.3, -0.25) is 9.48 Å². The Balaban J connectivity index is 1.54. The molecule has 7 nitrogen and oxygen atoms in total. The number of carboxylic acid groups (broad SMARTS) is 1. The molecule has 1 saturated heterocycles. The molecule has 3 aromatic rings. The highest BCUT2D eigenvalue weighted by Crippen LogP contribution is 2.31. The number of aryl methyl sites for hydroxylation is 1. The number of aromatic nitrogens is 2. The predicted octanol–water partition coefficient (Wildman–Crippen LogP) is 2.65. The Morgan fingerprint density at radius 3 is 2.65 bits per heavy atom. The van der Waals surface area contributed by atoms with Gasteiger partial charge in [0.2, 0.25) is 0 Å². The molecule has 1 aliphatic rings. The van der Waals surface area contributed by atoms with Gasteiger partial charge in [0, 0.05) is 49.3 Å². The first-order valence-corrected chi connectivity index (χ1v) is 8.53. The van der Waals surface area contributed by atoms with Crippen LogP contribution in [0.3, 0.4) is 0 Å². The van der Waals surface area contributed by atoms with Gasteiger partial charge in [-0.25, -0.2) is 4.79 Å². The molecule has 4 rings (SSSR count). The molecule has 0 bridgehead atoms. The SMILES string of the molecule is Cc1cc2cc(C(=O)N3CCC(C(=O)O)(n4cccn4)CC3)ccc2o1. The van der Waals surface area contributed by atoms with Crippen molar-refractivity contribution in [1.82, 2.24) is 14.7 Å². The quantitative estimate of drug-likeness (QED) is 0.782. The Bertz CT molecular complexity index is 966. The van der Waals surface area contributed by atoms with E-state index in [0.717, 1.165) is 16.7 Å². The van der Waals surface area contributed by atoms with E-state index >= 15 is 0 Å². The lowest BCUT2D eigenvalue weighted by Crippen LogP contribution is -2.52. The van der Waals surface area contributed by atoms with Gasteiger partial charge in [-0.15, -0.1) is 0 Å². The van der Waals surface area contributed by atoms with Crippen molar-refractivity contribution in [1.29, 1.82) is 0 Å². The molecule has 7 heteroatoms.